The van der Waals surface area contributed by atoms with Crippen LogP contribution < -0.4 is 0 Å². The highest BCUT2D eigenvalue weighted by molar-refractivity contribution is 7.44. The Balaban J connectivity index is 3.25. The lowest BCUT2D eigenvalue weighted by Crippen LogP contribution is -1.70. The second-order valence-corrected chi connectivity index (χ2v) is 3.51. The van der Waals surface area contributed by atoms with Gasteiger partial charge in [-0.2, -0.15) is 0 Å². The van der Waals surface area contributed by atoms with Gasteiger partial charge >= 0.3 is 7.80 Å². The molecule has 0 radical (unpaired) electrons. The zero-order valence-electron chi connectivity index (χ0n) is 5.42. The lowest BCUT2D eigenvalue weighted by molar-refractivity contribution is 0.590. The van der Waals surface area contributed by atoms with E-state index in [9.17, 15) is 4.57 Å². The molecule has 0 aromatic heterocycles. The maximum absolute atomic E-state index is 10.7. The van der Waals surface area contributed by atoms with Crippen molar-refractivity contribution in [3.05, 3.63) is 12.2 Å². The lowest BCUT2D eigenvalue weighted by Gasteiger charge is -1.71. The van der Waals surface area contributed by atoms with E-state index in [0.717, 1.165) is 12.3 Å². The molecular weight excluding hydrogens is 119 g/mol. The number of hydrogen-bond acceptors (Lipinski definition) is 1. The van der Waals surface area contributed by atoms with E-state index < -0.39 is 7.80 Å². The van der Waals surface area contributed by atoms with Crippen molar-refractivity contribution in [2.24, 2.45) is 0 Å². The first kappa shape index (κ1) is 7.84. The molecule has 0 N–H and O–H groups in total. The van der Waals surface area contributed by atoms with Crippen molar-refractivity contribution in [3.8, 4) is 0 Å². The molecule has 0 aliphatic heterocycles. The third-order valence-electron chi connectivity index (χ3n) is 0.897. The average molecular weight is 131 g/mol. The first-order valence-electron chi connectivity index (χ1n) is 2.84. The van der Waals surface area contributed by atoms with Crippen LogP contribution in [0.25, 0.3) is 0 Å². The summed E-state index contributed by atoms with van der Waals surface area (Å²) in [5.41, 5.74) is 0. The molecule has 2 heteroatoms. The van der Waals surface area contributed by atoms with Gasteiger partial charge in [-0.3, -0.25) is 0 Å². The van der Waals surface area contributed by atoms with Crippen LogP contribution in [-0.2, 0) is 4.57 Å². The minimum Gasteiger partial charge on any atom is -0.0875 e. The topological polar surface area (TPSA) is 17.1 Å². The Morgan fingerprint density at radius 1 is 1.62 bits per heavy atom. The fourth-order valence-corrected chi connectivity index (χ4v) is 1.06. The van der Waals surface area contributed by atoms with Gasteiger partial charge in [-0.15, -0.1) is 0 Å². The molecule has 0 aliphatic carbocycles. The van der Waals surface area contributed by atoms with Crippen molar-refractivity contribution in [1.82, 2.24) is 0 Å². The van der Waals surface area contributed by atoms with Gasteiger partial charge in [0.15, 0.2) is 6.16 Å². The van der Waals surface area contributed by atoms with Gasteiger partial charge in [0.2, 0.25) is 0 Å². The van der Waals surface area contributed by atoms with Gasteiger partial charge < -0.3 is 0 Å². The molecule has 0 saturated carbocycles. The molecule has 0 aromatic carbocycles. The maximum atomic E-state index is 10.7. The minimum absolute atomic E-state index is 0.752. The second-order valence-electron chi connectivity index (χ2n) is 1.55. The van der Waals surface area contributed by atoms with Crippen LogP contribution in [-0.4, -0.2) is 12.3 Å². The number of allylic oxidation sites excluding steroid dienone is 2. The van der Waals surface area contributed by atoms with Crippen molar-refractivity contribution in [2.75, 3.05) is 12.3 Å². The Labute approximate surface area is 51.6 Å². The van der Waals surface area contributed by atoms with E-state index in [1.54, 1.807) is 0 Å². The number of rotatable bonds is 3. The SMILES string of the molecule is CC=CC[P+](=O)CC. The second kappa shape index (κ2) is 4.99. The van der Waals surface area contributed by atoms with Crippen molar-refractivity contribution in [3.63, 3.8) is 0 Å². The molecule has 0 rings (SSSR count). The predicted octanol–water partition coefficient (Wildman–Crippen LogP) is 2.41. The van der Waals surface area contributed by atoms with Crippen LogP contribution >= 0.6 is 7.80 Å². The van der Waals surface area contributed by atoms with Crippen LogP contribution in [0.5, 0.6) is 0 Å². The first-order valence-corrected chi connectivity index (χ1v) is 4.47. The van der Waals surface area contributed by atoms with Gasteiger partial charge in [0.1, 0.15) is 6.16 Å². The summed E-state index contributed by atoms with van der Waals surface area (Å²) in [6.07, 6.45) is 5.44. The minimum atomic E-state index is -0.921. The van der Waals surface area contributed by atoms with Crippen molar-refractivity contribution >= 4 is 7.80 Å². The fourth-order valence-electron chi connectivity index (χ4n) is 0.352. The van der Waals surface area contributed by atoms with Crippen LogP contribution in [0.4, 0.5) is 0 Å². The quantitative estimate of drug-likeness (QED) is 0.424. The summed E-state index contributed by atoms with van der Waals surface area (Å²) in [4.78, 5) is 0. The van der Waals surface area contributed by atoms with Crippen molar-refractivity contribution < 1.29 is 4.57 Å². The largest absolute Gasteiger partial charge is 0.342 e. The van der Waals surface area contributed by atoms with E-state index in [2.05, 4.69) is 0 Å². The van der Waals surface area contributed by atoms with Gasteiger partial charge in [0.25, 0.3) is 0 Å². The molecule has 1 atom stereocenters. The molecule has 8 heavy (non-hydrogen) atoms. The smallest absolute Gasteiger partial charge is 0.0875 e. The average Bonchev–Trinajstić information content (AvgIpc) is 1.83. The molecule has 0 saturated heterocycles. The van der Waals surface area contributed by atoms with Crippen molar-refractivity contribution in [2.45, 2.75) is 13.8 Å². The Bertz CT molecular complexity index is 96.7. The molecule has 0 amide bonds. The number of hydrogen-bond donors (Lipinski definition) is 0. The fraction of sp³-hybridized carbons (Fsp3) is 0.667. The van der Waals surface area contributed by atoms with E-state index in [1.165, 1.54) is 0 Å². The first-order chi connectivity index (χ1) is 3.81. The highest BCUT2D eigenvalue weighted by atomic mass is 31.1. The molecular formula is C6H12OP+. The molecule has 0 aromatic rings. The Morgan fingerprint density at radius 3 is 2.62 bits per heavy atom. The van der Waals surface area contributed by atoms with E-state index in [-0.39, 0.29) is 0 Å². The summed E-state index contributed by atoms with van der Waals surface area (Å²) in [6.45, 7) is 3.89. The summed E-state index contributed by atoms with van der Waals surface area (Å²) in [6, 6.07) is 0. The predicted molar refractivity (Wildman–Crippen MR) is 37.8 cm³/mol. The zero-order chi connectivity index (χ0) is 6.41. The molecule has 46 valence electrons. The van der Waals surface area contributed by atoms with Crippen LogP contribution in [0, 0.1) is 0 Å². The normalized spacial score (nSPS) is 12.5. The van der Waals surface area contributed by atoms with E-state index in [1.807, 2.05) is 26.0 Å². The van der Waals surface area contributed by atoms with E-state index in [0.29, 0.717) is 0 Å². The molecule has 1 unspecified atom stereocenters. The lowest BCUT2D eigenvalue weighted by atomic mass is 10.6. The van der Waals surface area contributed by atoms with Gasteiger partial charge in [0.05, 0.1) is 0 Å². The maximum Gasteiger partial charge on any atom is 0.342 e. The van der Waals surface area contributed by atoms with Crippen molar-refractivity contribution in [1.29, 1.82) is 0 Å². The highest BCUT2D eigenvalue weighted by Gasteiger charge is 2.05. The summed E-state index contributed by atoms with van der Waals surface area (Å²) in [5, 5.41) is 0. The third kappa shape index (κ3) is 4.01. The Hall–Kier alpha value is -0.160. The van der Waals surface area contributed by atoms with Gasteiger partial charge in [-0.1, -0.05) is 10.6 Å². The van der Waals surface area contributed by atoms with Gasteiger partial charge in [-0.05, 0) is 19.9 Å². The third-order valence-corrected chi connectivity index (χ3v) is 2.22. The summed E-state index contributed by atoms with van der Waals surface area (Å²) >= 11 is 0. The van der Waals surface area contributed by atoms with Crippen LogP contribution in [0.1, 0.15) is 13.8 Å². The monoisotopic (exact) mass is 131 g/mol. The van der Waals surface area contributed by atoms with Crippen LogP contribution in [0.3, 0.4) is 0 Å². The molecule has 0 aliphatic rings. The summed E-state index contributed by atoms with van der Waals surface area (Å²) in [5.74, 6) is 0. The van der Waals surface area contributed by atoms with Gasteiger partial charge in [0, 0.05) is 0 Å². The molecule has 0 heterocycles. The van der Waals surface area contributed by atoms with E-state index >= 15 is 0 Å². The van der Waals surface area contributed by atoms with E-state index in [4.69, 9.17) is 0 Å². The van der Waals surface area contributed by atoms with Crippen LogP contribution in [0.15, 0.2) is 12.2 Å². The Kier molecular flexibility index (Phi) is 4.89. The standard InChI is InChI=1S/C6H12OP/c1-3-5-6-8(7)4-2/h3,5H,4,6H2,1-2H3/q+1. The Morgan fingerprint density at radius 2 is 2.25 bits per heavy atom. The highest BCUT2D eigenvalue weighted by Crippen LogP contribution is 2.17. The molecule has 0 fully saturated rings. The molecule has 0 spiro atoms. The molecule has 1 nitrogen and oxygen atoms in total. The zero-order valence-corrected chi connectivity index (χ0v) is 6.32. The van der Waals surface area contributed by atoms with Crippen LogP contribution in [0.2, 0.25) is 0 Å². The molecule has 0 bridgehead atoms. The summed E-state index contributed by atoms with van der Waals surface area (Å²) < 4.78 is 10.7. The van der Waals surface area contributed by atoms with Gasteiger partial charge in [-0.25, -0.2) is 0 Å². The summed E-state index contributed by atoms with van der Waals surface area (Å²) in [7, 11) is -0.921.